The van der Waals surface area contributed by atoms with Gasteiger partial charge in [-0.15, -0.1) is 0 Å². The fraction of sp³-hybridized carbons (Fsp3) is 0. The van der Waals surface area contributed by atoms with Crippen molar-refractivity contribution in [1.82, 2.24) is 9.78 Å². The Morgan fingerprint density at radius 3 is 2.17 bits per heavy atom. The molecule has 4 nitrogen and oxygen atoms in total. The summed E-state index contributed by atoms with van der Waals surface area (Å²) in [6, 6.07) is 19.8. The molecule has 0 bridgehead atoms. The van der Waals surface area contributed by atoms with Gasteiger partial charge in [-0.1, -0.05) is 29.8 Å². The zero-order valence-corrected chi connectivity index (χ0v) is 15.7. The van der Waals surface area contributed by atoms with Crippen molar-refractivity contribution in [2.45, 2.75) is 0 Å². The van der Waals surface area contributed by atoms with Gasteiger partial charge in [0, 0.05) is 11.3 Å². The van der Waals surface area contributed by atoms with Gasteiger partial charge < -0.3 is 5.32 Å². The Morgan fingerprint density at radius 2 is 1.52 bits per heavy atom. The Labute approximate surface area is 170 Å². The van der Waals surface area contributed by atoms with E-state index < -0.39 is 17.5 Å². The SMILES string of the molecule is O=C(Nc1ccc(F)cc1)c1cc(-c2ccccc2Cl)nn1-c1ccc(F)cc1. The highest BCUT2D eigenvalue weighted by molar-refractivity contribution is 6.33. The number of aromatic nitrogens is 2. The second-order valence-electron chi connectivity index (χ2n) is 6.24. The van der Waals surface area contributed by atoms with Crippen LogP contribution in [0, 0.1) is 11.6 Å². The maximum atomic E-state index is 13.3. The van der Waals surface area contributed by atoms with Crippen LogP contribution in [0.25, 0.3) is 16.9 Å². The van der Waals surface area contributed by atoms with E-state index in [2.05, 4.69) is 10.4 Å². The lowest BCUT2D eigenvalue weighted by molar-refractivity contribution is 0.101. The molecule has 29 heavy (non-hydrogen) atoms. The van der Waals surface area contributed by atoms with Gasteiger partial charge in [-0.05, 0) is 60.7 Å². The first-order chi connectivity index (χ1) is 14.0. The van der Waals surface area contributed by atoms with Crippen molar-refractivity contribution in [2.75, 3.05) is 5.32 Å². The maximum Gasteiger partial charge on any atom is 0.274 e. The van der Waals surface area contributed by atoms with Crippen LogP contribution in [0.15, 0.2) is 78.9 Å². The second-order valence-corrected chi connectivity index (χ2v) is 6.65. The van der Waals surface area contributed by atoms with E-state index in [-0.39, 0.29) is 5.69 Å². The van der Waals surface area contributed by atoms with Crippen LogP contribution in [0.2, 0.25) is 5.02 Å². The molecular weight excluding hydrogens is 396 g/mol. The number of carbonyl (C=O) groups excluding carboxylic acids is 1. The van der Waals surface area contributed by atoms with E-state index in [4.69, 9.17) is 11.6 Å². The van der Waals surface area contributed by atoms with Gasteiger partial charge in [-0.25, -0.2) is 13.5 Å². The van der Waals surface area contributed by atoms with Crippen molar-refractivity contribution in [3.63, 3.8) is 0 Å². The molecule has 144 valence electrons. The lowest BCUT2D eigenvalue weighted by atomic mass is 10.1. The molecule has 0 aliphatic carbocycles. The van der Waals surface area contributed by atoms with E-state index in [0.29, 0.717) is 27.7 Å². The van der Waals surface area contributed by atoms with Gasteiger partial charge >= 0.3 is 0 Å². The van der Waals surface area contributed by atoms with Gasteiger partial charge in [0.05, 0.1) is 16.4 Å². The van der Waals surface area contributed by atoms with Gasteiger partial charge in [0.1, 0.15) is 17.3 Å². The third-order valence-corrected chi connectivity index (χ3v) is 4.59. The third kappa shape index (κ3) is 4.02. The van der Waals surface area contributed by atoms with Gasteiger partial charge in [-0.2, -0.15) is 5.10 Å². The third-order valence-electron chi connectivity index (χ3n) is 4.27. The van der Waals surface area contributed by atoms with Crippen molar-refractivity contribution in [1.29, 1.82) is 0 Å². The van der Waals surface area contributed by atoms with Crippen LogP contribution >= 0.6 is 11.6 Å². The number of hydrogen-bond acceptors (Lipinski definition) is 2. The minimum atomic E-state index is -0.452. The molecule has 0 saturated heterocycles. The minimum Gasteiger partial charge on any atom is -0.321 e. The molecule has 1 N–H and O–H groups in total. The minimum absolute atomic E-state index is 0.218. The van der Waals surface area contributed by atoms with Crippen LogP contribution in [-0.4, -0.2) is 15.7 Å². The van der Waals surface area contributed by atoms with E-state index in [9.17, 15) is 13.6 Å². The Morgan fingerprint density at radius 1 is 0.897 bits per heavy atom. The molecule has 0 fully saturated rings. The standard InChI is InChI=1S/C22H14ClF2N3O/c23-19-4-2-1-3-18(19)20-13-21(22(29)26-16-9-5-14(24)6-10-16)28(27-20)17-11-7-15(25)8-12-17/h1-13H,(H,26,29). The predicted molar refractivity (Wildman–Crippen MR) is 108 cm³/mol. The van der Waals surface area contributed by atoms with Gasteiger partial charge in [0.15, 0.2) is 0 Å². The number of nitrogens with one attached hydrogen (secondary N) is 1. The van der Waals surface area contributed by atoms with E-state index in [1.54, 1.807) is 24.3 Å². The first kappa shape index (κ1) is 18.8. The highest BCUT2D eigenvalue weighted by Gasteiger charge is 2.19. The highest BCUT2D eigenvalue weighted by atomic mass is 35.5. The largest absolute Gasteiger partial charge is 0.321 e. The first-order valence-electron chi connectivity index (χ1n) is 8.69. The number of hydrogen-bond donors (Lipinski definition) is 1. The summed E-state index contributed by atoms with van der Waals surface area (Å²) in [5, 5.41) is 7.71. The molecule has 0 aliphatic rings. The van der Waals surface area contributed by atoms with E-state index >= 15 is 0 Å². The van der Waals surface area contributed by atoms with Crippen molar-refractivity contribution in [2.24, 2.45) is 0 Å². The molecule has 1 heterocycles. The van der Waals surface area contributed by atoms with Crippen molar-refractivity contribution in [3.8, 4) is 16.9 Å². The van der Waals surface area contributed by atoms with Gasteiger partial charge in [0.2, 0.25) is 0 Å². The summed E-state index contributed by atoms with van der Waals surface area (Å²) >= 11 is 6.28. The average Bonchev–Trinajstić information content (AvgIpc) is 3.16. The molecule has 4 aromatic rings. The quantitative estimate of drug-likeness (QED) is 0.468. The summed E-state index contributed by atoms with van der Waals surface area (Å²) in [5.74, 6) is -1.25. The van der Waals surface area contributed by atoms with Crippen molar-refractivity contribution < 1.29 is 13.6 Å². The average molecular weight is 410 g/mol. The molecule has 1 aromatic heterocycles. The summed E-state index contributed by atoms with van der Waals surface area (Å²) in [7, 11) is 0. The molecule has 7 heteroatoms. The van der Waals surface area contributed by atoms with E-state index in [1.165, 1.54) is 53.2 Å². The van der Waals surface area contributed by atoms with Crippen LogP contribution in [0.5, 0.6) is 0 Å². The summed E-state index contributed by atoms with van der Waals surface area (Å²) in [4.78, 5) is 12.9. The Balaban J connectivity index is 1.78. The number of benzene rings is 3. The highest BCUT2D eigenvalue weighted by Crippen LogP contribution is 2.28. The van der Waals surface area contributed by atoms with Gasteiger partial charge in [0.25, 0.3) is 5.91 Å². The van der Waals surface area contributed by atoms with Crippen molar-refractivity contribution in [3.05, 3.63) is 101 Å². The molecule has 0 radical (unpaired) electrons. The molecule has 4 rings (SSSR count). The molecule has 0 atom stereocenters. The molecular formula is C22H14ClF2N3O. The lowest BCUT2D eigenvalue weighted by Gasteiger charge is -2.08. The van der Waals surface area contributed by atoms with Crippen LogP contribution < -0.4 is 5.32 Å². The normalized spacial score (nSPS) is 10.7. The molecule has 3 aromatic carbocycles. The van der Waals surface area contributed by atoms with Gasteiger partial charge in [-0.3, -0.25) is 4.79 Å². The number of anilines is 1. The second kappa shape index (κ2) is 7.85. The molecule has 1 amide bonds. The van der Waals surface area contributed by atoms with E-state index in [0.717, 1.165) is 0 Å². The Bertz CT molecular complexity index is 1170. The molecule has 0 aliphatic heterocycles. The fourth-order valence-corrected chi connectivity index (χ4v) is 3.08. The zero-order valence-electron chi connectivity index (χ0n) is 14.9. The maximum absolute atomic E-state index is 13.3. The molecule has 0 unspecified atom stereocenters. The number of carbonyl (C=O) groups is 1. The smallest absolute Gasteiger partial charge is 0.274 e. The fourth-order valence-electron chi connectivity index (χ4n) is 2.85. The number of nitrogens with zero attached hydrogens (tertiary/aromatic N) is 2. The lowest BCUT2D eigenvalue weighted by Crippen LogP contribution is -2.17. The van der Waals surface area contributed by atoms with Crippen LogP contribution in [0.4, 0.5) is 14.5 Å². The summed E-state index contributed by atoms with van der Waals surface area (Å²) in [6.45, 7) is 0. The molecule has 0 saturated carbocycles. The number of amides is 1. The molecule has 0 spiro atoms. The monoisotopic (exact) mass is 409 g/mol. The van der Waals surface area contributed by atoms with E-state index in [1.807, 2.05) is 6.07 Å². The summed E-state index contributed by atoms with van der Waals surface area (Å²) in [6.07, 6.45) is 0. The van der Waals surface area contributed by atoms with Crippen LogP contribution in [0.1, 0.15) is 10.5 Å². The zero-order chi connectivity index (χ0) is 20.4. The predicted octanol–water partition coefficient (Wildman–Crippen LogP) is 5.72. The first-order valence-corrected chi connectivity index (χ1v) is 9.07. The Kier molecular flexibility index (Phi) is 5.10. The Hall–Kier alpha value is -3.51. The van der Waals surface area contributed by atoms with Crippen LogP contribution in [0.3, 0.4) is 0 Å². The van der Waals surface area contributed by atoms with Crippen molar-refractivity contribution >= 4 is 23.2 Å². The number of rotatable bonds is 4. The summed E-state index contributed by atoms with van der Waals surface area (Å²) < 4.78 is 27.9. The topological polar surface area (TPSA) is 46.9 Å². The summed E-state index contributed by atoms with van der Waals surface area (Å²) in [5.41, 5.74) is 2.31. The number of halogens is 3. The van der Waals surface area contributed by atoms with Crippen LogP contribution in [-0.2, 0) is 0 Å².